The summed E-state index contributed by atoms with van der Waals surface area (Å²) < 4.78 is 46.2. The summed E-state index contributed by atoms with van der Waals surface area (Å²) >= 11 is 0. The van der Waals surface area contributed by atoms with Crippen LogP contribution in [0.1, 0.15) is 62.3 Å². The molecule has 0 spiro atoms. The number of hydrogen-bond donors (Lipinski definition) is 0. The molecule has 3 aromatic rings. The molecule has 10 nitrogen and oxygen atoms in total. The van der Waals surface area contributed by atoms with Crippen molar-refractivity contribution >= 4 is 9.84 Å². The van der Waals surface area contributed by atoms with Crippen LogP contribution in [-0.2, 0) is 20.3 Å². The molecule has 0 N–H and O–H groups in total. The quantitative estimate of drug-likeness (QED) is 0.421. The molecule has 0 aliphatic carbocycles. The maximum atomic E-state index is 13.6. The van der Waals surface area contributed by atoms with E-state index in [1.54, 1.807) is 50.2 Å². The van der Waals surface area contributed by atoms with Gasteiger partial charge in [-0.1, -0.05) is 19.9 Å². The first-order valence-electron chi connectivity index (χ1n) is 11.9. The molecule has 0 bridgehead atoms. The number of para-hydroxylation sites is 1. The molecule has 0 unspecified atom stereocenters. The summed E-state index contributed by atoms with van der Waals surface area (Å²) in [5, 5.41) is 8.01. The second kappa shape index (κ2) is 10.5. The van der Waals surface area contributed by atoms with Crippen LogP contribution in [0.25, 0.3) is 5.69 Å². The Morgan fingerprint density at radius 3 is 2.31 bits per heavy atom. The highest BCUT2D eigenvalue weighted by atomic mass is 32.2. The maximum Gasteiger partial charge on any atom is 0.167 e. The monoisotopic (exact) mass is 515 g/mol. The van der Waals surface area contributed by atoms with Gasteiger partial charge in [0.05, 0.1) is 19.5 Å². The van der Waals surface area contributed by atoms with Gasteiger partial charge in [0.2, 0.25) is 0 Å². The van der Waals surface area contributed by atoms with E-state index in [-0.39, 0.29) is 23.6 Å². The number of benzene rings is 1. The van der Waals surface area contributed by atoms with Gasteiger partial charge in [-0.05, 0) is 43.9 Å². The van der Waals surface area contributed by atoms with E-state index < -0.39 is 21.0 Å². The second-order valence-corrected chi connectivity index (χ2v) is 11.7. The van der Waals surface area contributed by atoms with Gasteiger partial charge in [-0.15, -0.1) is 10.2 Å². The molecule has 2 aromatic heterocycles. The molecular formula is C25H33N5O5S. The standard InChI is InChI=1S/C25H33N5O5S/c1-15-12-26-24(27-13-15)17(3)18(4)36(31,32)14-21-28-29-25(23-16(2)10-11-35-23)30(21)22-19(33-5)8-7-9-20(22)34-6/h7-9,12-13,16-18,23H,10-11,14H2,1-6H3/t16-,17+,18+,23+/m1/s1. The topological polar surface area (TPSA) is 118 Å². The van der Waals surface area contributed by atoms with Gasteiger partial charge in [0.15, 0.2) is 21.5 Å². The molecule has 3 heterocycles. The number of ether oxygens (including phenoxy) is 3. The number of methoxy groups -OCH3 is 2. The number of hydrogen-bond acceptors (Lipinski definition) is 9. The Labute approximate surface area is 212 Å². The van der Waals surface area contributed by atoms with Gasteiger partial charge in [0.1, 0.15) is 34.9 Å². The minimum absolute atomic E-state index is 0.191. The highest BCUT2D eigenvalue weighted by molar-refractivity contribution is 7.91. The zero-order valence-corrected chi connectivity index (χ0v) is 22.3. The van der Waals surface area contributed by atoms with Gasteiger partial charge in [0.25, 0.3) is 0 Å². The molecule has 36 heavy (non-hydrogen) atoms. The lowest BCUT2D eigenvalue weighted by molar-refractivity contribution is 0.0856. The molecule has 11 heteroatoms. The van der Waals surface area contributed by atoms with Crippen LogP contribution in [0.2, 0.25) is 0 Å². The molecule has 1 aromatic carbocycles. The molecule has 4 rings (SSSR count). The Morgan fingerprint density at radius 2 is 1.75 bits per heavy atom. The summed E-state index contributed by atoms with van der Waals surface area (Å²) in [6.07, 6.45) is 3.93. The first-order valence-corrected chi connectivity index (χ1v) is 13.7. The third kappa shape index (κ3) is 4.94. The van der Waals surface area contributed by atoms with Crippen molar-refractivity contribution < 1.29 is 22.6 Å². The second-order valence-electron chi connectivity index (χ2n) is 9.30. The predicted octanol–water partition coefficient (Wildman–Crippen LogP) is 3.59. The third-order valence-electron chi connectivity index (χ3n) is 6.83. The molecule has 1 aliphatic rings. The summed E-state index contributed by atoms with van der Waals surface area (Å²) in [6.45, 7) is 8.06. The van der Waals surface area contributed by atoms with E-state index in [1.807, 2.05) is 19.9 Å². The smallest absolute Gasteiger partial charge is 0.167 e. The van der Waals surface area contributed by atoms with Crippen molar-refractivity contribution in [2.24, 2.45) is 5.92 Å². The summed E-state index contributed by atoms with van der Waals surface area (Å²) in [4.78, 5) is 8.67. The maximum absolute atomic E-state index is 13.6. The zero-order chi connectivity index (χ0) is 26.0. The van der Waals surface area contributed by atoms with Crippen molar-refractivity contribution in [3.63, 3.8) is 0 Å². The first kappa shape index (κ1) is 26.0. The number of rotatable bonds is 9. The van der Waals surface area contributed by atoms with Crippen LogP contribution >= 0.6 is 0 Å². The van der Waals surface area contributed by atoms with Crippen LogP contribution in [0.15, 0.2) is 30.6 Å². The summed E-state index contributed by atoms with van der Waals surface area (Å²) in [7, 11) is -0.581. The Hall–Kier alpha value is -3.05. The Balaban J connectivity index is 1.78. The van der Waals surface area contributed by atoms with Crippen LogP contribution in [-0.4, -0.2) is 59.2 Å². The van der Waals surface area contributed by atoms with E-state index >= 15 is 0 Å². The fourth-order valence-corrected chi connectivity index (χ4v) is 5.95. The van der Waals surface area contributed by atoms with E-state index in [1.165, 1.54) is 0 Å². The van der Waals surface area contributed by atoms with Crippen LogP contribution in [0.5, 0.6) is 11.5 Å². The summed E-state index contributed by atoms with van der Waals surface area (Å²) in [6, 6.07) is 5.39. The molecule has 194 valence electrons. The van der Waals surface area contributed by atoms with Crippen molar-refractivity contribution in [1.29, 1.82) is 0 Å². The highest BCUT2D eigenvalue weighted by Crippen LogP contribution is 2.40. The molecule has 1 fully saturated rings. The van der Waals surface area contributed by atoms with Gasteiger partial charge in [-0.2, -0.15) is 0 Å². The SMILES string of the molecule is COc1cccc(OC)c1-n1c(CS(=O)(=O)[C@@H](C)[C@H](C)c2ncc(C)cn2)nnc1[C@H]1OCC[C@H]1C. The van der Waals surface area contributed by atoms with Crippen molar-refractivity contribution in [3.8, 4) is 17.2 Å². The van der Waals surface area contributed by atoms with Crippen LogP contribution in [0.4, 0.5) is 0 Å². The van der Waals surface area contributed by atoms with Crippen LogP contribution in [0.3, 0.4) is 0 Å². The normalized spacial score (nSPS) is 19.7. The average Bonchev–Trinajstić information content (AvgIpc) is 3.47. The van der Waals surface area contributed by atoms with Crippen LogP contribution < -0.4 is 9.47 Å². The average molecular weight is 516 g/mol. The number of sulfone groups is 1. The van der Waals surface area contributed by atoms with E-state index in [0.717, 1.165) is 12.0 Å². The predicted molar refractivity (Wildman–Crippen MR) is 134 cm³/mol. The molecule has 1 aliphatic heterocycles. The summed E-state index contributed by atoms with van der Waals surface area (Å²) in [5.74, 6) is 1.73. The number of aromatic nitrogens is 5. The zero-order valence-electron chi connectivity index (χ0n) is 21.5. The van der Waals surface area contributed by atoms with Crippen molar-refractivity contribution in [2.45, 2.75) is 57.1 Å². The minimum atomic E-state index is -3.69. The van der Waals surface area contributed by atoms with E-state index in [2.05, 4.69) is 27.1 Å². The van der Waals surface area contributed by atoms with Gasteiger partial charge in [-0.25, -0.2) is 18.4 Å². The number of aryl methyl sites for hydroxylation is 1. The molecule has 0 radical (unpaired) electrons. The molecule has 0 amide bonds. The Kier molecular flexibility index (Phi) is 7.60. The lowest BCUT2D eigenvalue weighted by Gasteiger charge is -2.22. The van der Waals surface area contributed by atoms with E-state index in [4.69, 9.17) is 14.2 Å². The van der Waals surface area contributed by atoms with E-state index in [0.29, 0.717) is 35.4 Å². The van der Waals surface area contributed by atoms with Gasteiger partial charge >= 0.3 is 0 Å². The largest absolute Gasteiger partial charge is 0.494 e. The highest BCUT2D eigenvalue weighted by Gasteiger charge is 2.36. The lowest BCUT2D eigenvalue weighted by Crippen LogP contribution is -2.27. The molecule has 0 saturated carbocycles. The fraction of sp³-hybridized carbons (Fsp3) is 0.520. The molecular weight excluding hydrogens is 482 g/mol. The van der Waals surface area contributed by atoms with Crippen molar-refractivity contribution in [3.05, 3.63) is 53.6 Å². The lowest BCUT2D eigenvalue weighted by atomic mass is 10.0. The summed E-state index contributed by atoms with van der Waals surface area (Å²) in [5.41, 5.74) is 1.45. The Morgan fingerprint density at radius 1 is 1.11 bits per heavy atom. The van der Waals surface area contributed by atoms with Crippen molar-refractivity contribution in [1.82, 2.24) is 24.7 Å². The minimum Gasteiger partial charge on any atom is -0.494 e. The molecule has 4 atom stereocenters. The van der Waals surface area contributed by atoms with Gasteiger partial charge in [-0.3, -0.25) is 4.57 Å². The first-order chi connectivity index (χ1) is 17.2. The van der Waals surface area contributed by atoms with Crippen LogP contribution in [0, 0.1) is 12.8 Å². The van der Waals surface area contributed by atoms with Gasteiger partial charge < -0.3 is 14.2 Å². The van der Waals surface area contributed by atoms with E-state index in [9.17, 15) is 8.42 Å². The van der Waals surface area contributed by atoms with Gasteiger partial charge in [0, 0.05) is 24.9 Å². The fourth-order valence-electron chi connectivity index (χ4n) is 4.40. The van der Waals surface area contributed by atoms with Crippen molar-refractivity contribution in [2.75, 3.05) is 20.8 Å². The number of nitrogens with zero attached hydrogens (tertiary/aromatic N) is 5. The molecule has 1 saturated heterocycles. The Bertz CT molecular complexity index is 1290. The third-order valence-corrected chi connectivity index (χ3v) is 9.03.